The van der Waals surface area contributed by atoms with Crippen molar-refractivity contribution in [1.29, 1.82) is 0 Å². The molecule has 19 heavy (non-hydrogen) atoms. The minimum atomic E-state index is 0.172. The first-order valence-corrected chi connectivity index (χ1v) is 6.59. The standard InChI is InChI=1S/C17H15NO/c1-19-16-10-18-17-14-7-6-11-4-2-3-5-12(11)13(14)8-9-15(16)17/h2-9,16,18H,10H2,1H3. The van der Waals surface area contributed by atoms with E-state index in [1.165, 1.54) is 32.8 Å². The average Bonchev–Trinajstić information content (AvgIpc) is 2.90. The molecule has 1 heterocycles. The van der Waals surface area contributed by atoms with Crippen molar-refractivity contribution >= 4 is 27.2 Å². The smallest absolute Gasteiger partial charge is 0.101 e. The van der Waals surface area contributed by atoms with Crippen molar-refractivity contribution in [2.75, 3.05) is 19.0 Å². The van der Waals surface area contributed by atoms with Crippen LogP contribution in [-0.4, -0.2) is 13.7 Å². The molecular weight excluding hydrogens is 234 g/mol. The summed E-state index contributed by atoms with van der Waals surface area (Å²) in [5, 5.41) is 8.68. The topological polar surface area (TPSA) is 21.3 Å². The van der Waals surface area contributed by atoms with Gasteiger partial charge >= 0.3 is 0 Å². The van der Waals surface area contributed by atoms with Crippen LogP contribution in [0, 0.1) is 0 Å². The molecule has 1 atom stereocenters. The van der Waals surface area contributed by atoms with Gasteiger partial charge in [-0.05, 0) is 16.2 Å². The average molecular weight is 249 g/mol. The van der Waals surface area contributed by atoms with Crippen LogP contribution >= 0.6 is 0 Å². The van der Waals surface area contributed by atoms with Crippen LogP contribution in [0.4, 0.5) is 5.69 Å². The summed E-state index contributed by atoms with van der Waals surface area (Å²) in [6.07, 6.45) is 0.172. The molecule has 1 N–H and O–H groups in total. The Morgan fingerprint density at radius 2 is 1.79 bits per heavy atom. The second-order valence-electron chi connectivity index (χ2n) is 5.02. The van der Waals surface area contributed by atoms with Gasteiger partial charge in [0.05, 0.1) is 0 Å². The molecule has 94 valence electrons. The largest absolute Gasteiger partial charge is 0.381 e. The zero-order chi connectivity index (χ0) is 12.8. The highest BCUT2D eigenvalue weighted by atomic mass is 16.5. The maximum absolute atomic E-state index is 5.51. The van der Waals surface area contributed by atoms with Gasteiger partial charge in [-0.15, -0.1) is 0 Å². The van der Waals surface area contributed by atoms with Gasteiger partial charge in [-0.2, -0.15) is 0 Å². The first kappa shape index (κ1) is 10.8. The summed E-state index contributed by atoms with van der Waals surface area (Å²) in [4.78, 5) is 0. The van der Waals surface area contributed by atoms with Crippen LogP contribution in [0.3, 0.4) is 0 Å². The lowest BCUT2D eigenvalue weighted by molar-refractivity contribution is 0.120. The van der Waals surface area contributed by atoms with Gasteiger partial charge in [-0.1, -0.05) is 48.5 Å². The van der Waals surface area contributed by atoms with Crippen molar-refractivity contribution in [3.63, 3.8) is 0 Å². The molecule has 1 aliphatic heterocycles. The van der Waals surface area contributed by atoms with E-state index in [0.717, 1.165) is 6.54 Å². The van der Waals surface area contributed by atoms with E-state index in [2.05, 4.69) is 53.8 Å². The second kappa shape index (κ2) is 3.97. The number of nitrogens with one attached hydrogen (secondary N) is 1. The Morgan fingerprint density at radius 3 is 2.68 bits per heavy atom. The molecule has 0 saturated heterocycles. The van der Waals surface area contributed by atoms with E-state index >= 15 is 0 Å². The third kappa shape index (κ3) is 1.47. The Kier molecular flexibility index (Phi) is 2.26. The molecule has 1 aliphatic rings. The van der Waals surface area contributed by atoms with E-state index in [-0.39, 0.29) is 6.10 Å². The van der Waals surface area contributed by atoms with Crippen LogP contribution in [0.15, 0.2) is 48.5 Å². The highest BCUT2D eigenvalue weighted by molar-refractivity contribution is 6.12. The third-order valence-electron chi connectivity index (χ3n) is 4.05. The highest BCUT2D eigenvalue weighted by Gasteiger charge is 2.23. The van der Waals surface area contributed by atoms with Gasteiger partial charge in [-0.25, -0.2) is 0 Å². The number of hydrogen-bond acceptors (Lipinski definition) is 2. The van der Waals surface area contributed by atoms with E-state index in [0.29, 0.717) is 0 Å². The minimum absolute atomic E-state index is 0.172. The molecule has 0 spiro atoms. The van der Waals surface area contributed by atoms with Gasteiger partial charge in [0.15, 0.2) is 0 Å². The Morgan fingerprint density at radius 1 is 0.947 bits per heavy atom. The van der Waals surface area contributed by atoms with Crippen LogP contribution in [0.5, 0.6) is 0 Å². The number of methoxy groups -OCH3 is 1. The molecule has 1 unspecified atom stereocenters. The van der Waals surface area contributed by atoms with Crippen LogP contribution in [0.2, 0.25) is 0 Å². The first-order valence-electron chi connectivity index (χ1n) is 6.59. The fraction of sp³-hybridized carbons (Fsp3) is 0.176. The monoisotopic (exact) mass is 249 g/mol. The van der Waals surface area contributed by atoms with Crippen molar-refractivity contribution in [1.82, 2.24) is 0 Å². The third-order valence-corrected chi connectivity index (χ3v) is 4.05. The number of ether oxygens (including phenoxy) is 1. The molecule has 2 nitrogen and oxygen atoms in total. The number of benzene rings is 3. The van der Waals surface area contributed by atoms with Gasteiger partial charge in [0.2, 0.25) is 0 Å². The number of anilines is 1. The lowest BCUT2D eigenvalue weighted by Gasteiger charge is -2.10. The molecule has 0 bridgehead atoms. The van der Waals surface area contributed by atoms with Crippen molar-refractivity contribution in [2.24, 2.45) is 0 Å². The van der Waals surface area contributed by atoms with Crippen molar-refractivity contribution in [3.8, 4) is 0 Å². The van der Waals surface area contributed by atoms with Gasteiger partial charge < -0.3 is 10.1 Å². The molecule has 0 radical (unpaired) electrons. The van der Waals surface area contributed by atoms with E-state index < -0.39 is 0 Å². The second-order valence-corrected chi connectivity index (χ2v) is 5.02. The maximum Gasteiger partial charge on any atom is 0.101 e. The first-order chi connectivity index (χ1) is 9.38. The normalized spacial score (nSPS) is 17.6. The molecule has 0 aromatic heterocycles. The van der Waals surface area contributed by atoms with Gasteiger partial charge in [0, 0.05) is 30.3 Å². The van der Waals surface area contributed by atoms with Crippen LogP contribution < -0.4 is 5.32 Å². The molecule has 0 saturated carbocycles. The Labute approximate surface area is 112 Å². The zero-order valence-electron chi connectivity index (χ0n) is 10.8. The molecule has 0 fully saturated rings. The van der Waals surface area contributed by atoms with E-state index in [4.69, 9.17) is 4.74 Å². The Hall–Kier alpha value is -2.06. The quantitative estimate of drug-likeness (QED) is 0.655. The summed E-state index contributed by atoms with van der Waals surface area (Å²) in [5.41, 5.74) is 2.50. The maximum atomic E-state index is 5.51. The lowest BCUT2D eigenvalue weighted by Crippen LogP contribution is -2.03. The molecule has 3 aromatic carbocycles. The van der Waals surface area contributed by atoms with E-state index in [1.807, 2.05) is 0 Å². The summed E-state index contributed by atoms with van der Waals surface area (Å²) in [5.74, 6) is 0. The van der Waals surface area contributed by atoms with Gasteiger partial charge in [-0.3, -0.25) is 0 Å². The van der Waals surface area contributed by atoms with Crippen LogP contribution in [0.1, 0.15) is 11.7 Å². The number of fused-ring (bicyclic) bond motifs is 5. The number of rotatable bonds is 1. The van der Waals surface area contributed by atoms with E-state index in [1.54, 1.807) is 7.11 Å². The molecule has 2 heteroatoms. The molecule has 0 amide bonds. The summed E-state index contributed by atoms with van der Waals surface area (Å²) in [6.45, 7) is 0.859. The molecule has 0 aliphatic carbocycles. The Bertz CT molecular complexity index is 779. The fourth-order valence-corrected chi connectivity index (χ4v) is 3.09. The van der Waals surface area contributed by atoms with Gasteiger partial charge in [0.25, 0.3) is 0 Å². The molecule has 3 aromatic rings. The Balaban J connectivity index is 2.09. The zero-order valence-corrected chi connectivity index (χ0v) is 10.8. The predicted octanol–water partition coefficient (Wildman–Crippen LogP) is 4.11. The lowest BCUT2D eigenvalue weighted by atomic mass is 9.98. The molecule has 4 rings (SSSR count). The number of hydrogen-bond donors (Lipinski definition) is 1. The summed E-state index contributed by atoms with van der Waals surface area (Å²) < 4.78 is 5.51. The van der Waals surface area contributed by atoms with Crippen molar-refractivity contribution < 1.29 is 4.74 Å². The van der Waals surface area contributed by atoms with Crippen LogP contribution in [-0.2, 0) is 4.74 Å². The van der Waals surface area contributed by atoms with Crippen molar-refractivity contribution in [3.05, 3.63) is 54.1 Å². The summed E-state index contributed by atoms with van der Waals surface area (Å²) in [7, 11) is 1.77. The summed E-state index contributed by atoms with van der Waals surface area (Å²) in [6, 6.07) is 17.3. The molecular formula is C17H15NO. The predicted molar refractivity (Wildman–Crippen MR) is 79.7 cm³/mol. The highest BCUT2D eigenvalue weighted by Crippen LogP contribution is 2.39. The summed E-state index contributed by atoms with van der Waals surface area (Å²) >= 11 is 0. The van der Waals surface area contributed by atoms with Crippen LogP contribution in [0.25, 0.3) is 21.5 Å². The minimum Gasteiger partial charge on any atom is -0.381 e. The van der Waals surface area contributed by atoms with Gasteiger partial charge in [0.1, 0.15) is 6.10 Å². The van der Waals surface area contributed by atoms with Crippen molar-refractivity contribution in [2.45, 2.75) is 6.10 Å². The SMILES string of the molecule is COC1CNc2c1ccc1c2ccc2ccccc21. The van der Waals surface area contributed by atoms with E-state index in [9.17, 15) is 0 Å². The fourth-order valence-electron chi connectivity index (χ4n) is 3.09.